The largest absolute Gasteiger partial charge is 0.493 e. The first kappa shape index (κ1) is 18.4. The van der Waals surface area contributed by atoms with Gasteiger partial charge in [0.25, 0.3) is 11.6 Å². The number of nitro benzene ring substituents is 1. The van der Waals surface area contributed by atoms with E-state index in [1.807, 2.05) is 6.92 Å². The molecule has 142 valence electrons. The van der Waals surface area contributed by atoms with Crippen LogP contribution in [0.15, 0.2) is 12.1 Å². The smallest absolute Gasteiger partial charge is 0.286 e. The zero-order valence-corrected chi connectivity index (χ0v) is 15.2. The van der Waals surface area contributed by atoms with Crippen molar-refractivity contribution in [2.45, 2.75) is 19.8 Å². The van der Waals surface area contributed by atoms with Gasteiger partial charge in [0.05, 0.1) is 24.7 Å². The first-order chi connectivity index (χ1) is 12.5. The third kappa shape index (κ3) is 3.60. The fraction of sp³-hybridized carbons (Fsp3) is 0.611. The molecule has 8 heteroatoms. The van der Waals surface area contributed by atoms with Gasteiger partial charge in [0, 0.05) is 19.2 Å². The number of ether oxygens (including phenoxy) is 2. The van der Waals surface area contributed by atoms with Gasteiger partial charge in [0.2, 0.25) is 0 Å². The van der Waals surface area contributed by atoms with E-state index in [9.17, 15) is 14.9 Å². The fourth-order valence-electron chi connectivity index (χ4n) is 3.89. The molecule has 2 atom stereocenters. The number of hydrogen-bond donors (Lipinski definition) is 1. The number of carbonyl (C=O) groups excluding carboxylic acids is 1. The molecule has 1 N–H and O–H groups in total. The summed E-state index contributed by atoms with van der Waals surface area (Å²) in [6.45, 7) is 5.41. The second kappa shape index (κ2) is 7.90. The van der Waals surface area contributed by atoms with E-state index in [4.69, 9.17) is 9.47 Å². The molecular weight excluding hydrogens is 338 g/mol. The van der Waals surface area contributed by atoms with Crippen LogP contribution in [0.25, 0.3) is 0 Å². The topological polar surface area (TPSA) is 93.9 Å². The summed E-state index contributed by atoms with van der Waals surface area (Å²) in [4.78, 5) is 25.8. The number of carbonyl (C=O) groups is 1. The highest BCUT2D eigenvalue weighted by Gasteiger charge is 2.34. The van der Waals surface area contributed by atoms with Crippen molar-refractivity contribution in [2.24, 2.45) is 11.8 Å². The molecule has 0 aliphatic carbocycles. The number of amides is 1. The average molecular weight is 363 g/mol. The zero-order valence-electron chi connectivity index (χ0n) is 15.2. The van der Waals surface area contributed by atoms with Crippen LogP contribution in [0.2, 0.25) is 0 Å². The van der Waals surface area contributed by atoms with Crippen LogP contribution in [-0.2, 0) is 0 Å². The normalized spacial score (nSPS) is 22.5. The number of benzene rings is 1. The van der Waals surface area contributed by atoms with Gasteiger partial charge in [0.15, 0.2) is 11.5 Å². The van der Waals surface area contributed by atoms with Gasteiger partial charge in [-0.25, -0.2) is 0 Å². The van der Waals surface area contributed by atoms with Crippen molar-refractivity contribution in [2.75, 3.05) is 39.9 Å². The van der Waals surface area contributed by atoms with Crippen LogP contribution in [0.4, 0.5) is 5.69 Å². The Kier molecular flexibility index (Phi) is 5.61. The van der Waals surface area contributed by atoms with Gasteiger partial charge < -0.3 is 19.7 Å². The summed E-state index contributed by atoms with van der Waals surface area (Å²) in [5, 5.41) is 14.9. The number of nitro groups is 1. The van der Waals surface area contributed by atoms with Crippen LogP contribution >= 0.6 is 0 Å². The van der Waals surface area contributed by atoms with E-state index in [1.54, 1.807) is 4.90 Å². The Balaban J connectivity index is 1.89. The Labute approximate surface area is 152 Å². The highest BCUT2D eigenvalue weighted by Crippen LogP contribution is 2.36. The molecule has 0 spiro atoms. The van der Waals surface area contributed by atoms with Crippen LogP contribution in [0.1, 0.15) is 30.1 Å². The summed E-state index contributed by atoms with van der Waals surface area (Å²) in [7, 11) is 1.42. The maximum atomic E-state index is 13.1. The van der Waals surface area contributed by atoms with Crippen molar-refractivity contribution in [3.8, 4) is 11.5 Å². The molecule has 2 aliphatic rings. The van der Waals surface area contributed by atoms with E-state index in [0.29, 0.717) is 37.3 Å². The Hall–Kier alpha value is -2.35. The Morgan fingerprint density at radius 1 is 1.27 bits per heavy atom. The minimum atomic E-state index is -0.540. The number of likely N-dealkylation sites (tertiary alicyclic amines) is 1. The lowest BCUT2D eigenvalue weighted by molar-refractivity contribution is -0.385. The quantitative estimate of drug-likeness (QED) is 0.636. The first-order valence-electron chi connectivity index (χ1n) is 9.04. The predicted octanol–water partition coefficient (Wildman–Crippen LogP) is 2.07. The van der Waals surface area contributed by atoms with Crippen LogP contribution in [0.5, 0.6) is 11.5 Å². The average Bonchev–Trinajstić information content (AvgIpc) is 2.99. The highest BCUT2D eigenvalue weighted by molar-refractivity contribution is 5.99. The van der Waals surface area contributed by atoms with Crippen molar-refractivity contribution in [3.05, 3.63) is 27.8 Å². The SMILES string of the molecule is CCOc1cc(C(=O)N2CC[C@@H]3CNC[C@@H]3CC2)c([N+](=O)[O-])cc1OC. The molecule has 0 aromatic heterocycles. The second-order valence-corrected chi connectivity index (χ2v) is 6.76. The molecule has 26 heavy (non-hydrogen) atoms. The molecule has 0 saturated carbocycles. The number of fused-ring (bicyclic) bond motifs is 1. The summed E-state index contributed by atoms with van der Waals surface area (Å²) in [6.07, 6.45) is 1.84. The lowest BCUT2D eigenvalue weighted by Crippen LogP contribution is -2.33. The van der Waals surface area contributed by atoms with Crippen molar-refractivity contribution in [1.29, 1.82) is 0 Å². The van der Waals surface area contributed by atoms with Gasteiger partial charge in [-0.15, -0.1) is 0 Å². The molecule has 2 saturated heterocycles. The highest BCUT2D eigenvalue weighted by atomic mass is 16.6. The second-order valence-electron chi connectivity index (χ2n) is 6.76. The van der Waals surface area contributed by atoms with Gasteiger partial charge in [0.1, 0.15) is 5.56 Å². The molecule has 1 aromatic carbocycles. The summed E-state index contributed by atoms with van der Waals surface area (Å²) in [5.41, 5.74) is -0.189. The summed E-state index contributed by atoms with van der Waals surface area (Å²) >= 11 is 0. The maximum absolute atomic E-state index is 13.1. The standard InChI is InChI=1S/C18H25N3O5/c1-3-26-17-8-14(15(21(23)24)9-16(17)25-2)18(22)20-6-4-12-10-19-11-13(12)5-7-20/h8-9,12-13,19H,3-7,10-11H2,1-2H3/t12-,13+. The molecule has 2 heterocycles. The number of nitrogens with one attached hydrogen (secondary N) is 1. The van der Waals surface area contributed by atoms with Crippen LogP contribution in [0.3, 0.4) is 0 Å². The maximum Gasteiger partial charge on any atom is 0.286 e. The molecule has 1 aromatic rings. The lowest BCUT2D eigenvalue weighted by Gasteiger charge is -2.21. The van der Waals surface area contributed by atoms with Crippen LogP contribution in [-0.4, -0.2) is 55.6 Å². The monoisotopic (exact) mass is 363 g/mol. The van der Waals surface area contributed by atoms with Crippen molar-refractivity contribution in [1.82, 2.24) is 10.2 Å². The number of nitrogens with zero attached hydrogens (tertiary/aromatic N) is 2. The molecule has 0 radical (unpaired) electrons. The van der Waals surface area contributed by atoms with Crippen molar-refractivity contribution >= 4 is 11.6 Å². The molecule has 0 unspecified atom stereocenters. The molecule has 1 amide bonds. The number of methoxy groups -OCH3 is 1. The van der Waals surface area contributed by atoms with E-state index in [1.165, 1.54) is 19.2 Å². The molecule has 3 rings (SSSR count). The molecule has 8 nitrogen and oxygen atoms in total. The summed E-state index contributed by atoms with van der Waals surface area (Å²) in [6, 6.07) is 2.71. The third-order valence-corrected chi connectivity index (χ3v) is 5.32. The Morgan fingerprint density at radius 3 is 2.46 bits per heavy atom. The Bertz CT molecular complexity index is 680. The molecular formula is C18H25N3O5. The lowest BCUT2D eigenvalue weighted by atomic mass is 9.92. The van der Waals surface area contributed by atoms with Crippen LogP contribution < -0.4 is 14.8 Å². The third-order valence-electron chi connectivity index (χ3n) is 5.32. The van der Waals surface area contributed by atoms with Gasteiger partial charge in [-0.05, 0) is 44.7 Å². The number of hydrogen-bond acceptors (Lipinski definition) is 6. The summed E-state index contributed by atoms with van der Waals surface area (Å²) in [5.74, 6) is 1.45. The van der Waals surface area contributed by atoms with E-state index in [-0.39, 0.29) is 22.9 Å². The van der Waals surface area contributed by atoms with Crippen molar-refractivity contribution in [3.63, 3.8) is 0 Å². The Morgan fingerprint density at radius 2 is 1.92 bits per heavy atom. The molecule has 0 bridgehead atoms. The number of rotatable bonds is 5. The van der Waals surface area contributed by atoms with Crippen molar-refractivity contribution < 1.29 is 19.2 Å². The summed E-state index contributed by atoms with van der Waals surface area (Å²) < 4.78 is 10.7. The minimum absolute atomic E-state index is 0.0597. The van der Waals surface area contributed by atoms with E-state index >= 15 is 0 Å². The fourth-order valence-corrected chi connectivity index (χ4v) is 3.89. The zero-order chi connectivity index (χ0) is 18.7. The van der Waals surface area contributed by atoms with E-state index in [0.717, 1.165) is 25.9 Å². The first-order valence-corrected chi connectivity index (χ1v) is 9.04. The van der Waals surface area contributed by atoms with Gasteiger partial charge in [-0.1, -0.05) is 0 Å². The molecule has 2 fully saturated rings. The van der Waals surface area contributed by atoms with Crippen LogP contribution in [0, 0.1) is 22.0 Å². The van der Waals surface area contributed by atoms with E-state index in [2.05, 4.69) is 5.32 Å². The van der Waals surface area contributed by atoms with Gasteiger partial charge in [-0.3, -0.25) is 14.9 Å². The van der Waals surface area contributed by atoms with E-state index < -0.39 is 4.92 Å². The molecule has 2 aliphatic heterocycles. The van der Waals surface area contributed by atoms with Gasteiger partial charge >= 0.3 is 0 Å². The minimum Gasteiger partial charge on any atom is -0.493 e. The predicted molar refractivity (Wildman–Crippen MR) is 95.8 cm³/mol. The van der Waals surface area contributed by atoms with Gasteiger partial charge in [-0.2, -0.15) is 0 Å².